The third kappa shape index (κ3) is 1.22. The van der Waals surface area contributed by atoms with E-state index in [9.17, 15) is 4.79 Å². The second kappa shape index (κ2) is 3.49. The van der Waals surface area contributed by atoms with Crippen LogP contribution in [-0.4, -0.2) is 29.7 Å². The zero-order valence-electron chi connectivity index (χ0n) is 13.6. The molecule has 2 aliphatic heterocycles. The molecule has 3 nitrogen and oxygen atoms in total. The minimum atomic E-state index is -0.0142. The number of ether oxygens (including phenoxy) is 2. The summed E-state index contributed by atoms with van der Waals surface area (Å²) in [4.78, 5) is 12.5. The molecule has 0 unspecified atom stereocenters. The fourth-order valence-electron chi connectivity index (χ4n) is 7.69. The maximum atomic E-state index is 12.5. The molecule has 2 heterocycles. The molecular weight excluding hydrogens is 276 g/mol. The zero-order chi connectivity index (χ0) is 14.9. The van der Waals surface area contributed by atoms with Gasteiger partial charge in [-0.1, -0.05) is 13.8 Å². The van der Waals surface area contributed by atoms with Crippen LogP contribution in [0.4, 0.5) is 0 Å². The van der Waals surface area contributed by atoms with E-state index in [1.54, 1.807) is 0 Å². The molecule has 120 valence electrons. The number of Topliss-reactive ketones (excluding diaryl/α,β-unsaturated/α-hetero) is 1. The molecule has 6 rings (SSSR count). The van der Waals surface area contributed by atoms with Gasteiger partial charge in [-0.3, -0.25) is 4.79 Å². The quantitative estimate of drug-likeness (QED) is 0.646. The molecule has 0 bridgehead atoms. The normalized spacial score (nSPS) is 67.5. The lowest BCUT2D eigenvalue weighted by molar-refractivity contribution is -0.135. The summed E-state index contributed by atoms with van der Waals surface area (Å²) in [5.41, 5.74) is 0.424. The van der Waals surface area contributed by atoms with Crippen molar-refractivity contribution in [2.45, 2.75) is 82.7 Å². The molecule has 0 amide bonds. The van der Waals surface area contributed by atoms with Gasteiger partial charge in [0, 0.05) is 23.7 Å². The predicted octanol–water partition coefficient (Wildman–Crippen LogP) is 3.11. The highest BCUT2D eigenvalue weighted by molar-refractivity contribution is 5.87. The second-order valence-corrected chi connectivity index (χ2v) is 9.57. The van der Waals surface area contributed by atoms with Crippen molar-refractivity contribution >= 4 is 5.78 Å². The van der Waals surface area contributed by atoms with E-state index < -0.39 is 0 Å². The molecule has 3 heteroatoms. The van der Waals surface area contributed by atoms with Crippen molar-refractivity contribution in [2.75, 3.05) is 0 Å². The maximum absolute atomic E-state index is 12.5. The molecule has 1 spiro atoms. The van der Waals surface area contributed by atoms with Crippen LogP contribution in [0.25, 0.3) is 0 Å². The molecule has 4 saturated carbocycles. The third-order valence-corrected chi connectivity index (χ3v) is 9.05. The van der Waals surface area contributed by atoms with Crippen molar-refractivity contribution in [3.63, 3.8) is 0 Å². The van der Waals surface area contributed by atoms with E-state index in [-0.39, 0.29) is 11.0 Å². The second-order valence-electron chi connectivity index (χ2n) is 9.57. The van der Waals surface area contributed by atoms with Gasteiger partial charge in [0.1, 0.15) is 11.4 Å². The Morgan fingerprint density at radius 2 is 1.91 bits per heavy atom. The number of fused-ring (bicyclic) bond motifs is 5. The molecule has 6 fully saturated rings. The van der Waals surface area contributed by atoms with Crippen molar-refractivity contribution < 1.29 is 14.3 Å². The Balaban J connectivity index is 1.42. The van der Waals surface area contributed by atoms with E-state index in [0.29, 0.717) is 41.3 Å². The van der Waals surface area contributed by atoms with E-state index in [1.165, 1.54) is 19.3 Å². The van der Waals surface area contributed by atoms with Gasteiger partial charge in [-0.15, -0.1) is 0 Å². The molecule has 0 radical (unpaired) electrons. The lowest BCUT2D eigenvalue weighted by Gasteiger charge is -2.57. The Labute approximate surface area is 132 Å². The summed E-state index contributed by atoms with van der Waals surface area (Å²) in [6, 6.07) is 0. The summed E-state index contributed by atoms with van der Waals surface area (Å²) < 4.78 is 12.3. The molecule has 0 aromatic rings. The van der Waals surface area contributed by atoms with Crippen LogP contribution >= 0.6 is 0 Å². The third-order valence-electron chi connectivity index (χ3n) is 9.05. The number of epoxide rings is 2. The first kappa shape index (κ1) is 12.9. The first-order chi connectivity index (χ1) is 10.5. The number of carbonyl (C=O) groups excluding carboxylic acids is 1. The van der Waals surface area contributed by atoms with Gasteiger partial charge in [-0.25, -0.2) is 0 Å². The van der Waals surface area contributed by atoms with E-state index in [2.05, 4.69) is 13.8 Å². The van der Waals surface area contributed by atoms with E-state index in [1.807, 2.05) is 0 Å². The standard InChI is InChI=1S/C19H26O3/c1-17-6-5-12-10(11(17)3-4-15(17)20)7-16-19(22-16)9-14-13(21-14)8-18(12,19)2/h10-14,16H,3-9H2,1-2H3/t10-,11-,12-,13-,14+,16-,17-,18+,19-/m0/s1. The maximum Gasteiger partial charge on any atom is 0.139 e. The van der Waals surface area contributed by atoms with Crippen LogP contribution in [0.3, 0.4) is 0 Å². The summed E-state index contributed by atoms with van der Waals surface area (Å²) >= 11 is 0. The Hall–Kier alpha value is -0.410. The fourth-order valence-corrected chi connectivity index (χ4v) is 7.69. The van der Waals surface area contributed by atoms with Gasteiger partial charge in [0.25, 0.3) is 0 Å². The van der Waals surface area contributed by atoms with Crippen molar-refractivity contribution in [3.8, 4) is 0 Å². The number of hydrogen-bond donors (Lipinski definition) is 0. The summed E-state index contributed by atoms with van der Waals surface area (Å²) in [5, 5.41) is 0. The first-order valence-corrected chi connectivity index (χ1v) is 9.35. The Bertz CT molecular complexity index is 587. The minimum Gasteiger partial charge on any atom is -0.369 e. The van der Waals surface area contributed by atoms with Crippen LogP contribution in [-0.2, 0) is 14.3 Å². The monoisotopic (exact) mass is 302 g/mol. The van der Waals surface area contributed by atoms with E-state index in [4.69, 9.17) is 9.47 Å². The van der Waals surface area contributed by atoms with Gasteiger partial charge >= 0.3 is 0 Å². The lowest BCUT2D eigenvalue weighted by Crippen LogP contribution is -2.58. The molecule has 4 aliphatic carbocycles. The molecular formula is C19H26O3. The average molecular weight is 302 g/mol. The number of rotatable bonds is 0. The van der Waals surface area contributed by atoms with Crippen LogP contribution in [0.1, 0.15) is 58.8 Å². The molecule has 0 aromatic heterocycles. The molecule has 2 saturated heterocycles. The molecule has 6 aliphatic rings. The SMILES string of the molecule is C[C@]12CC[C@H]3[C@@H](C[C@@H]4O[C@@]45C[C@H]4O[C@H]4C[C@]35C)[C@@H]1CCC2=O. The summed E-state index contributed by atoms with van der Waals surface area (Å²) in [7, 11) is 0. The predicted molar refractivity (Wildman–Crippen MR) is 80.3 cm³/mol. The van der Waals surface area contributed by atoms with Crippen molar-refractivity contribution in [1.29, 1.82) is 0 Å². The summed E-state index contributed by atoms with van der Waals surface area (Å²) in [6.07, 6.45) is 9.33. The summed E-state index contributed by atoms with van der Waals surface area (Å²) in [5.74, 6) is 2.63. The van der Waals surface area contributed by atoms with Gasteiger partial charge in [0.15, 0.2) is 0 Å². The Morgan fingerprint density at radius 1 is 1.09 bits per heavy atom. The van der Waals surface area contributed by atoms with Gasteiger partial charge in [-0.05, 0) is 49.9 Å². The Morgan fingerprint density at radius 3 is 2.77 bits per heavy atom. The smallest absolute Gasteiger partial charge is 0.139 e. The largest absolute Gasteiger partial charge is 0.369 e. The van der Waals surface area contributed by atoms with E-state index in [0.717, 1.165) is 31.6 Å². The highest BCUT2D eigenvalue weighted by atomic mass is 16.6. The van der Waals surface area contributed by atoms with Gasteiger partial charge in [0.2, 0.25) is 0 Å². The number of ketones is 1. The lowest BCUT2D eigenvalue weighted by atomic mass is 9.45. The van der Waals surface area contributed by atoms with Crippen LogP contribution in [0.2, 0.25) is 0 Å². The van der Waals surface area contributed by atoms with Crippen molar-refractivity contribution in [2.24, 2.45) is 28.6 Å². The fraction of sp³-hybridized carbons (Fsp3) is 0.947. The molecule has 22 heavy (non-hydrogen) atoms. The van der Waals surface area contributed by atoms with Gasteiger partial charge in [0.05, 0.1) is 18.3 Å². The molecule has 9 atom stereocenters. The topological polar surface area (TPSA) is 42.1 Å². The van der Waals surface area contributed by atoms with Crippen LogP contribution in [0, 0.1) is 28.6 Å². The first-order valence-electron chi connectivity index (χ1n) is 9.35. The highest BCUT2D eigenvalue weighted by Gasteiger charge is 2.79. The van der Waals surface area contributed by atoms with Crippen molar-refractivity contribution in [3.05, 3.63) is 0 Å². The molecule has 0 N–H and O–H groups in total. The van der Waals surface area contributed by atoms with Gasteiger partial charge < -0.3 is 9.47 Å². The zero-order valence-corrected chi connectivity index (χ0v) is 13.6. The van der Waals surface area contributed by atoms with Crippen LogP contribution < -0.4 is 0 Å². The van der Waals surface area contributed by atoms with Crippen LogP contribution in [0.15, 0.2) is 0 Å². The Kier molecular flexibility index (Phi) is 2.05. The minimum absolute atomic E-state index is 0.0142. The average Bonchev–Trinajstić information content (AvgIpc) is 3.34. The number of carbonyl (C=O) groups is 1. The highest BCUT2D eigenvalue weighted by Crippen LogP contribution is 2.74. The van der Waals surface area contributed by atoms with Crippen molar-refractivity contribution in [1.82, 2.24) is 0 Å². The number of hydrogen-bond acceptors (Lipinski definition) is 3. The van der Waals surface area contributed by atoms with Crippen LogP contribution in [0.5, 0.6) is 0 Å². The summed E-state index contributed by atoms with van der Waals surface area (Å²) in [6.45, 7) is 4.77. The van der Waals surface area contributed by atoms with Gasteiger partial charge in [-0.2, -0.15) is 0 Å². The van der Waals surface area contributed by atoms with E-state index >= 15 is 0 Å². The molecule has 0 aromatic carbocycles.